The molecule has 0 spiro atoms. The van der Waals surface area contributed by atoms with Gasteiger partial charge in [-0.2, -0.15) is 4.72 Å². The van der Waals surface area contributed by atoms with E-state index in [0.717, 1.165) is 10.8 Å². The van der Waals surface area contributed by atoms with Crippen LogP contribution in [0.25, 0.3) is 10.8 Å². The van der Waals surface area contributed by atoms with Gasteiger partial charge in [0.05, 0.1) is 10.9 Å². The number of halogens is 1. The van der Waals surface area contributed by atoms with Gasteiger partial charge in [0.2, 0.25) is 15.3 Å². The molecule has 2 aromatic rings. The lowest BCUT2D eigenvalue weighted by atomic mass is 10.1. The van der Waals surface area contributed by atoms with Gasteiger partial charge in [-0.25, -0.2) is 8.42 Å². The zero-order valence-electron chi connectivity index (χ0n) is 10.1. The summed E-state index contributed by atoms with van der Waals surface area (Å²) in [7, 11) is -3.75. The summed E-state index contributed by atoms with van der Waals surface area (Å²) in [6.45, 7) is 1.40. The maximum absolute atomic E-state index is 12.1. The average molecular weight is 298 g/mol. The first-order valence-electron chi connectivity index (χ1n) is 5.60. The Hall–Kier alpha value is -1.43. The summed E-state index contributed by atoms with van der Waals surface area (Å²) in [6.07, 6.45) is 0. The lowest BCUT2D eigenvalue weighted by Crippen LogP contribution is -2.36. The monoisotopic (exact) mass is 297 g/mol. The summed E-state index contributed by atoms with van der Waals surface area (Å²) < 4.78 is 26.4. The van der Waals surface area contributed by atoms with Gasteiger partial charge in [0, 0.05) is 0 Å². The Morgan fingerprint density at radius 2 is 1.79 bits per heavy atom. The van der Waals surface area contributed by atoms with Crippen molar-refractivity contribution in [3.63, 3.8) is 0 Å². The van der Waals surface area contributed by atoms with Crippen molar-refractivity contribution in [2.45, 2.75) is 17.9 Å². The zero-order valence-corrected chi connectivity index (χ0v) is 11.7. The van der Waals surface area contributed by atoms with E-state index in [0.29, 0.717) is 0 Å². The quantitative estimate of drug-likeness (QED) is 0.881. The van der Waals surface area contributed by atoms with E-state index in [9.17, 15) is 13.2 Å². The second kappa shape index (κ2) is 5.28. The highest BCUT2D eigenvalue weighted by Gasteiger charge is 2.20. The molecule has 0 aliphatic carbocycles. The fourth-order valence-corrected chi connectivity index (χ4v) is 3.04. The van der Waals surface area contributed by atoms with Crippen molar-refractivity contribution in [1.82, 2.24) is 4.72 Å². The van der Waals surface area contributed by atoms with Crippen molar-refractivity contribution in [1.29, 1.82) is 0 Å². The van der Waals surface area contributed by atoms with Crippen LogP contribution in [0, 0.1) is 0 Å². The Morgan fingerprint density at radius 1 is 1.16 bits per heavy atom. The molecule has 0 bridgehead atoms. The van der Waals surface area contributed by atoms with Crippen LogP contribution in [0.2, 0.25) is 0 Å². The van der Waals surface area contributed by atoms with Crippen LogP contribution in [0.1, 0.15) is 6.92 Å². The van der Waals surface area contributed by atoms with E-state index in [4.69, 9.17) is 11.6 Å². The lowest BCUT2D eigenvalue weighted by Gasteiger charge is -2.10. The number of benzene rings is 2. The second-order valence-electron chi connectivity index (χ2n) is 4.16. The van der Waals surface area contributed by atoms with E-state index in [-0.39, 0.29) is 4.90 Å². The highest BCUT2D eigenvalue weighted by atomic mass is 35.5. The topological polar surface area (TPSA) is 63.2 Å². The Bertz CT molecular complexity index is 728. The molecule has 2 aromatic carbocycles. The minimum absolute atomic E-state index is 0.107. The van der Waals surface area contributed by atoms with E-state index in [2.05, 4.69) is 4.72 Å². The summed E-state index contributed by atoms with van der Waals surface area (Å²) in [6, 6.07) is 11.2. The van der Waals surface area contributed by atoms with Crippen LogP contribution in [-0.4, -0.2) is 19.7 Å². The molecule has 4 nitrogen and oxygen atoms in total. The van der Waals surface area contributed by atoms with Crippen LogP contribution in [0.4, 0.5) is 0 Å². The first kappa shape index (κ1) is 14.0. The first-order chi connectivity index (χ1) is 8.90. The molecule has 2 rings (SSSR count). The fraction of sp³-hybridized carbons (Fsp3) is 0.154. The minimum atomic E-state index is -3.75. The van der Waals surface area contributed by atoms with Gasteiger partial charge < -0.3 is 0 Å². The lowest BCUT2D eigenvalue weighted by molar-refractivity contribution is -0.112. The number of fused-ring (bicyclic) bond motifs is 1. The average Bonchev–Trinajstić information content (AvgIpc) is 2.37. The highest BCUT2D eigenvalue weighted by molar-refractivity contribution is 7.89. The van der Waals surface area contributed by atoms with Crippen molar-refractivity contribution in [3.8, 4) is 0 Å². The minimum Gasteiger partial charge on any atom is -0.279 e. The highest BCUT2D eigenvalue weighted by Crippen LogP contribution is 2.19. The molecule has 0 amide bonds. The molecule has 0 unspecified atom stereocenters. The van der Waals surface area contributed by atoms with Crippen LogP contribution in [0.15, 0.2) is 47.4 Å². The molecule has 0 aliphatic rings. The van der Waals surface area contributed by atoms with E-state index in [1.165, 1.54) is 13.0 Å². The van der Waals surface area contributed by atoms with Gasteiger partial charge in [-0.15, -0.1) is 0 Å². The maximum atomic E-state index is 12.1. The molecular formula is C13H12ClNO3S. The predicted octanol–water partition coefficient (Wildman–Crippen LogP) is 2.27. The van der Waals surface area contributed by atoms with Crippen LogP contribution in [0.3, 0.4) is 0 Å². The molecule has 1 N–H and O–H groups in total. The number of rotatable bonds is 4. The maximum Gasteiger partial charge on any atom is 0.241 e. The summed E-state index contributed by atoms with van der Waals surface area (Å²) in [5.41, 5.74) is 0. The number of hydrogen-bond acceptors (Lipinski definition) is 3. The second-order valence-corrected chi connectivity index (χ2v) is 6.24. The third-order valence-electron chi connectivity index (χ3n) is 2.70. The van der Waals surface area contributed by atoms with Crippen molar-refractivity contribution in [3.05, 3.63) is 42.5 Å². The standard InChI is InChI=1S/C13H12ClNO3S/c1-9(13(14)16)15-19(17,18)12-7-6-10-4-2-3-5-11(10)8-12/h2-9,15H,1H3/t9-/m1/s1. The number of carbonyl (C=O) groups is 1. The number of sulfonamides is 1. The van der Waals surface area contributed by atoms with E-state index < -0.39 is 21.3 Å². The molecule has 100 valence electrons. The van der Waals surface area contributed by atoms with E-state index in [1.807, 2.05) is 24.3 Å². The Kier molecular flexibility index (Phi) is 3.89. The van der Waals surface area contributed by atoms with Crippen LogP contribution < -0.4 is 4.72 Å². The van der Waals surface area contributed by atoms with Crippen molar-refractivity contribution in [2.75, 3.05) is 0 Å². The smallest absolute Gasteiger partial charge is 0.241 e. The number of hydrogen-bond donors (Lipinski definition) is 1. The molecule has 1 atom stereocenters. The van der Waals surface area contributed by atoms with Gasteiger partial charge >= 0.3 is 0 Å². The van der Waals surface area contributed by atoms with Gasteiger partial charge in [0.25, 0.3) is 0 Å². The Labute approximate surface area is 116 Å². The summed E-state index contributed by atoms with van der Waals surface area (Å²) in [5.74, 6) is 0. The van der Waals surface area contributed by atoms with Crippen LogP contribution in [0.5, 0.6) is 0 Å². The molecule has 0 saturated heterocycles. The molecule has 0 aliphatic heterocycles. The largest absolute Gasteiger partial charge is 0.279 e. The SMILES string of the molecule is C[C@@H](NS(=O)(=O)c1ccc2ccccc2c1)C(=O)Cl. The molecule has 0 saturated carbocycles. The van der Waals surface area contributed by atoms with Gasteiger partial charge in [0.1, 0.15) is 0 Å². The van der Waals surface area contributed by atoms with Gasteiger partial charge in [-0.05, 0) is 41.4 Å². The molecule has 0 heterocycles. The van der Waals surface area contributed by atoms with Crippen molar-refractivity contribution >= 4 is 37.6 Å². The van der Waals surface area contributed by atoms with Crippen molar-refractivity contribution < 1.29 is 13.2 Å². The van der Waals surface area contributed by atoms with Gasteiger partial charge in [-0.1, -0.05) is 30.3 Å². The normalized spacial score (nSPS) is 13.4. The zero-order chi connectivity index (χ0) is 14.0. The molecule has 0 fully saturated rings. The van der Waals surface area contributed by atoms with Crippen molar-refractivity contribution in [2.24, 2.45) is 0 Å². The fourth-order valence-electron chi connectivity index (χ4n) is 1.68. The Morgan fingerprint density at radius 3 is 2.42 bits per heavy atom. The third-order valence-corrected chi connectivity index (χ3v) is 4.57. The summed E-state index contributed by atoms with van der Waals surface area (Å²) >= 11 is 5.25. The van der Waals surface area contributed by atoms with Gasteiger partial charge in [0.15, 0.2) is 0 Å². The van der Waals surface area contributed by atoms with E-state index >= 15 is 0 Å². The van der Waals surface area contributed by atoms with Crippen LogP contribution >= 0.6 is 11.6 Å². The molecular weight excluding hydrogens is 286 g/mol. The van der Waals surface area contributed by atoms with Crippen LogP contribution in [-0.2, 0) is 14.8 Å². The predicted molar refractivity (Wildman–Crippen MR) is 74.6 cm³/mol. The molecule has 0 aromatic heterocycles. The molecule has 6 heteroatoms. The summed E-state index contributed by atoms with van der Waals surface area (Å²) in [5, 5.41) is 1.02. The molecule has 19 heavy (non-hydrogen) atoms. The number of nitrogens with one attached hydrogen (secondary N) is 1. The first-order valence-corrected chi connectivity index (χ1v) is 7.47. The molecule has 0 radical (unpaired) electrons. The summed E-state index contributed by atoms with van der Waals surface area (Å²) in [4.78, 5) is 11.0. The Balaban J connectivity index is 2.40. The third kappa shape index (κ3) is 3.12. The van der Waals surface area contributed by atoms with E-state index in [1.54, 1.807) is 12.1 Å². The number of carbonyl (C=O) groups excluding carboxylic acids is 1. The van der Waals surface area contributed by atoms with Gasteiger partial charge in [-0.3, -0.25) is 4.79 Å².